The first-order valence-corrected chi connectivity index (χ1v) is 12.2. The molecule has 2 aromatic carbocycles. The van der Waals surface area contributed by atoms with E-state index in [1.165, 1.54) is 11.1 Å². The molecule has 6 heteroatoms. The highest BCUT2D eigenvalue weighted by Crippen LogP contribution is 2.31. The molecular formula is C28H29N5O. The lowest BCUT2D eigenvalue weighted by Gasteiger charge is -2.33. The lowest BCUT2D eigenvalue weighted by Crippen LogP contribution is -2.42. The van der Waals surface area contributed by atoms with Crippen LogP contribution in [0.1, 0.15) is 24.0 Å². The lowest BCUT2D eigenvalue weighted by atomic mass is 9.95. The van der Waals surface area contributed by atoms with Crippen LogP contribution >= 0.6 is 0 Å². The number of rotatable bonds is 5. The van der Waals surface area contributed by atoms with Crippen molar-refractivity contribution in [2.45, 2.75) is 25.8 Å². The van der Waals surface area contributed by atoms with Gasteiger partial charge in [-0.2, -0.15) is 5.10 Å². The molecule has 0 aliphatic carbocycles. The second-order valence-corrected chi connectivity index (χ2v) is 9.25. The Labute approximate surface area is 200 Å². The van der Waals surface area contributed by atoms with Crippen molar-refractivity contribution in [2.75, 3.05) is 24.5 Å². The van der Waals surface area contributed by atoms with Crippen LogP contribution in [0.3, 0.4) is 0 Å². The summed E-state index contributed by atoms with van der Waals surface area (Å²) in [7, 11) is 0. The van der Waals surface area contributed by atoms with Crippen molar-refractivity contribution < 1.29 is 4.79 Å². The van der Waals surface area contributed by atoms with Gasteiger partial charge in [0.2, 0.25) is 5.91 Å². The normalized spacial score (nSPS) is 16.6. The van der Waals surface area contributed by atoms with Gasteiger partial charge in [0.05, 0.1) is 11.9 Å². The summed E-state index contributed by atoms with van der Waals surface area (Å²) in [5.74, 6) is 1.48. The van der Waals surface area contributed by atoms with Crippen molar-refractivity contribution in [3.63, 3.8) is 0 Å². The minimum absolute atomic E-state index is 0.110. The lowest BCUT2D eigenvalue weighted by molar-refractivity contribution is -0.123. The zero-order valence-electron chi connectivity index (χ0n) is 19.3. The van der Waals surface area contributed by atoms with Crippen LogP contribution in [0.2, 0.25) is 0 Å². The molecule has 0 saturated carbocycles. The number of aromatic nitrogens is 3. The molecule has 2 aliphatic heterocycles. The third-order valence-corrected chi connectivity index (χ3v) is 7.15. The SMILES string of the molecule is O=C(C1CCN(Cc2cnn(-c3ccccc3)c2-n2cccc2)CC1)N1CCc2ccccc21. The number of carbonyl (C=O) groups excluding carboxylic acids is 1. The number of fused-ring (bicyclic) bond motifs is 1. The average Bonchev–Trinajstić information content (AvgIpc) is 3.64. The van der Waals surface area contributed by atoms with Gasteiger partial charge in [-0.15, -0.1) is 0 Å². The van der Waals surface area contributed by atoms with Gasteiger partial charge in [0.1, 0.15) is 5.82 Å². The number of nitrogens with zero attached hydrogens (tertiary/aromatic N) is 5. The van der Waals surface area contributed by atoms with E-state index in [1.54, 1.807) is 0 Å². The van der Waals surface area contributed by atoms with Gasteiger partial charge in [-0.05, 0) is 68.2 Å². The standard InChI is InChI=1S/C28H29N5O/c34-28(32-19-14-22-8-4-5-11-26(22)32)23-12-17-30(18-13-23)21-24-20-29-33(25-9-2-1-3-10-25)27(24)31-15-6-7-16-31/h1-11,15-16,20,23H,12-14,17-19,21H2. The minimum atomic E-state index is 0.110. The third-order valence-electron chi connectivity index (χ3n) is 7.15. The van der Waals surface area contributed by atoms with E-state index in [-0.39, 0.29) is 5.92 Å². The summed E-state index contributed by atoms with van der Waals surface area (Å²) >= 11 is 0. The Morgan fingerprint density at radius 2 is 1.62 bits per heavy atom. The molecule has 172 valence electrons. The zero-order valence-corrected chi connectivity index (χ0v) is 19.3. The second-order valence-electron chi connectivity index (χ2n) is 9.25. The van der Waals surface area contributed by atoms with Crippen molar-refractivity contribution in [3.8, 4) is 11.5 Å². The first-order valence-electron chi connectivity index (χ1n) is 12.2. The van der Waals surface area contributed by atoms with Gasteiger partial charge in [-0.3, -0.25) is 9.69 Å². The van der Waals surface area contributed by atoms with Crippen LogP contribution in [0.25, 0.3) is 11.5 Å². The van der Waals surface area contributed by atoms with Crippen molar-refractivity contribution in [1.29, 1.82) is 0 Å². The molecule has 1 amide bonds. The van der Waals surface area contributed by atoms with E-state index in [2.05, 4.69) is 52.2 Å². The maximum atomic E-state index is 13.3. The molecule has 2 aliphatic rings. The van der Waals surface area contributed by atoms with Crippen LogP contribution < -0.4 is 4.90 Å². The van der Waals surface area contributed by atoms with Gasteiger partial charge >= 0.3 is 0 Å². The van der Waals surface area contributed by atoms with Gasteiger partial charge in [0.15, 0.2) is 0 Å². The number of para-hydroxylation sites is 2. The van der Waals surface area contributed by atoms with Crippen molar-refractivity contribution in [1.82, 2.24) is 19.2 Å². The van der Waals surface area contributed by atoms with Gasteiger partial charge in [-0.1, -0.05) is 36.4 Å². The topological polar surface area (TPSA) is 46.3 Å². The molecule has 0 unspecified atom stereocenters. The number of piperidine rings is 1. The van der Waals surface area contributed by atoms with E-state index in [0.717, 1.165) is 62.6 Å². The molecule has 6 nitrogen and oxygen atoms in total. The largest absolute Gasteiger partial charge is 0.312 e. The number of hydrogen-bond acceptors (Lipinski definition) is 3. The van der Waals surface area contributed by atoms with Crippen molar-refractivity contribution >= 4 is 11.6 Å². The highest BCUT2D eigenvalue weighted by atomic mass is 16.2. The van der Waals surface area contributed by atoms with Crippen LogP contribution in [0.15, 0.2) is 85.3 Å². The quantitative estimate of drug-likeness (QED) is 0.450. The van der Waals surface area contributed by atoms with Gasteiger partial charge in [-0.25, -0.2) is 4.68 Å². The van der Waals surface area contributed by atoms with Crippen LogP contribution in [-0.2, 0) is 17.8 Å². The zero-order chi connectivity index (χ0) is 22.9. The van der Waals surface area contributed by atoms with E-state index in [0.29, 0.717) is 5.91 Å². The summed E-state index contributed by atoms with van der Waals surface area (Å²) in [6, 6.07) is 22.7. The van der Waals surface area contributed by atoms with E-state index in [1.807, 2.05) is 52.2 Å². The Hall–Kier alpha value is -3.64. The smallest absolute Gasteiger partial charge is 0.230 e. The predicted octanol–water partition coefficient (Wildman–Crippen LogP) is 4.46. The van der Waals surface area contributed by atoms with Crippen LogP contribution in [0.4, 0.5) is 5.69 Å². The number of anilines is 1. The Morgan fingerprint density at radius 3 is 2.41 bits per heavy atom. The molecular weight excluding hydrogens is 422 g/mol. The predicted molar refractivity (Wildman–Crippen MR) is 133 cm³/mol. The van der Waals surface area contributed by atoms with E-state index in [4.69, 9.17) is 5.10 Å². The highest BCUT2D eigenvalue weighted by Gasteiger charge is 2.32. The Bertz CT molecular complexity index is 1270. The number of hydrogen-bond donors (Lipinski definition) is 0. The molecule has 0 bridgehead atoms. The number of carbonyl (C=O) groups is 1. The maximum Gasteiger partial charge on any atom is 0.230 e. The molecule has 0 N–H and O–H groups in total. The fourth-order valence-corrected chi connectivity index (χ4v) is 5.36. The molecule has 2 aromatic heterocycles. The summed E-state index contributed by atoms with van der Waals surface area (Å²) < 4.78 is 4.15. The van der Waals surface area contributed by atoms with Gasteiger partial charge in [0, 0.05) is 42.7 Å². The van der Waals surface area contributed by atoms with Crippen LogP contribution in [0.5, 0.6) is 0 Å². The molecule has 34 heavy (non-hydrogen) atoms. The maximum absolute atomic E-state index is 13.3. The molecule has 4 heterocycles. The Morgan fingerprint density at radius 1 is 0.882 bits per heavy atom. The van der Waals surface area contributed by atoms with Crippen molar-refractivity contribution in [2.24, 2.45) is 5.92 Å². The van der Waals surface area contributed by atoms with Crippen molar-refractivity contribution in [3.05, 3.63) is 96.4 Å². The molecule has 0 spiro atoms. The summed E-state index contributed by atoms with van der Waals surface area (Å²) in [5.41, 5.74) is 4.65. The van der Waals surface area contributed by atoms with Crippen LogP contribution in [-0.4, -0.2) is 44.8 Å². The molecule has 0 radical (unpaired) electrons. The summed E-state index contributed by atoms with van der Waals surface area (Å²) in [6.07, 6.45) is 8.90. The summed E-state index contributed by atoms with van der Waals surface area (Å²) in [6.45, 7) is 3.49. The molecule has 6 rings (SSSR count). The minimum Gasteiger partial charge on any atom is -0.312 e. The molecule has 4 aromatic rings. The van der Waals surface area contributed by atoms with Gasteiger partial charge in [0.25, 0.3) is 0 Å². The number of amides is 1. The highest BCUT2D eigenvalue weighted by molar-refractivity contribution is 5.97. The Balaban J connectivity index is 1.16. The average molecular weight is 452 g/mol. The first kappa shape index (κ1) is 20.9. The fraction of sp³-hybridized carbons (Fsp3) is 0.286. The summed E-state index contributed by atoms with van der Waals surface area (Å²) in [5, 5.41) is 4.73. The molecule has 1 saturated heterocycles. The number of benzene rings is 2. The monoisotopic (exact) mass is 451 g/mol. The third kappa shape index (κ3) is 3.84. The Kier molecular flexibility index (Phi) is 5.51. The van der Waals surface area contributed by atoms with Gasteiger partial charge < -0.3 is 9.47 Å². The van der Waals surface area contributed by atoms with E-state index >= 15 is 0 Å². The number of likely N-dealkylation sites (tertiary alicyclic amines) is 1. The molecule has 0 atom stereocenters. The molecule has 1 fully saturated rings. The first-order chi connectivity index (χ1) is 16.8. The van der Waals surface area contributed by atoms with E-state index in [9.17, 15) is 4.79 Å². The van der Waals surface area contributed by atoms with Crippen LogP contribution in [0, 0.1) is 5.92 Å². The fourth-order valence-electron chi connectivity index (χ4n) is 5.36. The second kappa shape index (κ2) is 8.95. The summed E-state index contributed by atoms with van der Waals surface area (Å²) in [4.78, 5) is 17.8. The van der Waals surface area contributed by atoms with E-state index < -0.39 is 0 Å².